The Morgan fingerprint density at radius 1 is 1.50 bits per heavy atom. The van der Waals surface area contributed by atoms with Crippen LogP contribution in [0.3, 0.4) is 0 Å². The third kappa shape index (κ3) is 3.19. The molecule has 90 valence electrons. The third-order valence-electron chi connectivity index (χ3n) is 1.90. The second-order valence-corrected chi connectivity index (χ2v) is 4.26. The molecule has 0 aliphatic rings. The Bertz CT molecular complexity index is 375. The minimum Gasteiger partial charge on any atom is -0.342 e. The van der Waals surface area contributed by atoms with Crippen molar-refractivity contribution in [3.8, 4) is 0 Å². The topological polar surface area (TPSA) is 33.2 Å². The van der Waals surface area contributed by atoms with Gasteiger partial charge in [0, 0.05) is 7.05 Å². The average molecular weight is 252 g/mol. The molecule has 0 fully saturated rings. The zero-order valence-corrected chi connectivity index (χ0v) is 9.65. The molecule has 0 aliphatic heterocycles. The Morgan fingerprint density at radius 3 is 2.50 bits per heavy atom. The van der Waals surface area contributed by atoms with E-state index in [4.69, 9.17) is 0 Å². The van der Waals surface area contributed by atoms with Crippen molar-refractivity contribution in [1.29, 1.82) is 0 Å². The maximum absolute atomic E-state index is 12.1. The molecule has 0 aliphatic carbocycles. The highest BCUT2D eigenvalue weighted by Gasteiger charge is 2.30. The maximum Gasteiger partial charge on any atom is 0.405 e. The van der Waals surface area contributed by atoms with Crippen molar-refractivity contribution in [1.82, 2.24) is 4.98 Å². The summed E-state index contributed by atoms with van der Waals surface area (Å²) in [4.78, 5) is 16.0. The Labute approximate surface area is 94.9 Å². The summed E-state index contributed by atoms with van der Waals surface area (Å²) in [6.07, 6.45) is -3.11. The van der Waals surface area contributed by atoms with E-state index in [1.165, 1.54) is 7.05 Å². The molecule has 1 heterocycles. The van der Waals surface area contributed by atoms with Crippen molar-refractivity contribution < 1.29 is 18.0 Å². The van der Waals surface area contributed by atoms with Crippen LogP contribution in [0.25, 0.3) is 0 Å². The molecule has 1 rings (SSSR count). The van der Waals surface area contributed by atoms with Crippen LogP contribution in [0.1, 0.15) is 22.3 Å². The summed E-state index contributed by atoms with van der Waals surface area (Å²) in [5, 5.41) is 0.219. The monoisotopic (exact) mass is 252 g/mol. The smallest absolute Gasteiger partial charge is 0.342 e. The van der Waals surface area contributed by atoms with Crippen LogP contribution in [0.5, 0.6) is 0 Å². The van der Waals surface area contributed by atoms with Gasteiger partial charge in [-0.3, -0.25) is 4.79 Å². The van der Waals surface area contributed by atoms with Gasteiger partial charge in [-0.2, -0.15) is 13.2 Å². The number of carbonyl (C=O) groups is 1. The molecule has 3 nitrogen and oxygen atoms in total. The van der Waals surface area contributed by atoms with Gasteiger partial charge in [0.1, 0.15) is 6.54 Å². The highest BCUT2D eigenvalue weighted by atomic mass is 32.1. The van der Waals surface area contributed by atoms with Crippen LogP contribution >= 0.6 is 11.3 Å². The first kappa shape index (κ1) is 13.0. The Kier molecular flexibility index (Phi) is 3.90. The van der Waals surface area contributed by atoms with Crippen LogP contribution in [0.4, 0.5) is 18.3 Å². The molecule has 0 saturated carbocycles. The molecule has 0 aromatic carbocycles. The minimum atomic E-state index is -4.27. The van der Waals surface area contributed by atoms with E-state index in [2.05, 4.69) is 4.98 Å². The number of anilines is 1. The first-order chi connectivity index (χ1) is 7.37. The molecule has 0 N–H and O–H groups in total. The largest absolute Gasteiger partial charge is 0.405 e. The summed E-state index contributed by atoms with van der Waals surface area (Å²) in [6, 6.07) is 0. The van der Waals surface area contributed by atoms with E-state index in [0.717, 1.165) is 16.2 Å². The van der Waals surface area contributed by atoms with Crippen LogP contribution in [0, 0.1) is 0 Å². The van der Waals surface area contributed by atoms with Gasteiger partial charge in [-0.05, 0) is 6.42 Å². The third-order valence-corrected chi connectivity index (χ3v) is 3.04. The van der Waals surface area contributed by atoms with Gasteiger partial charge in [-0.25, -0.2) is 4.98 Å². The number of aryl methyl sites for hydroxylation is 1. The molecule has 0 spiro atoms. The molecule has 0 atom stereocenters. The number of nitrogens with zero attached hydrogens (tertiary/aromatic N) is 2. The quantitative estimate of drug-likeness (QED) is 0.772. The fourth-order valence-corrected chi connectivity index (χ4v) is 2.12. The van der Waals surface area contributed by atoms with E-state index in [1.54, 1.807) is 6.92 Å². The highest BCUT2D eigenvalue weighted by molar-refractivity contribution is 7.17. The molecule has 1 aromatic rings. The lowest BCUT2D eigenvalue weighted by Gasteiger charge is -2.17. The van der Waals surface area contributed by atoms with E-state index in [9.17, 15) is 18.0 Å². The normalized spacial score (nSPS) is 11.6. The van der Waals surface area contributed by atoms with Crippen molar-refractivity contribution in [2.45, 2.75) is 19.5 Å². The molecule has 0 bridgehead atoms. The van der Waals surface area contributed by atoms with Crippen molar-refractivity contribution in [2.75, 3.05) is 18.5 Å². The number of rotatable bonds is 4. The second-order valence-electron chi connectivity index (χ2n) is 3.25. The number of aromatic nitrogens is 1. The summed E-state index contributed by atoms with van der Waals surface area (Å²) < 4.78 is 36.4. The van der Waals surface area contributed by atoms with Gasteiger partial charge in [0.05, 0.1) is 10.6 Å². The highest BCUT2D eigenvalue weighted by Crippen LogP contribution is 2.27. The van der Waals surface area contributed by atoms with Gasteiger partial charge < -0.3 is 4.90 Å². The van der Waals surface area contributed by atoms with E-state index in [-0.39, 0.29) is 5.13 Å². The van der Waals surface area contributed by atoms with Gasteiger partial charge >= 0.3 is 6.18 Å². The Morgan fingerprint density at radius 2 is 2.12 bits per heavy atom. The molecule has 1 aromatic heterocycles. The number of halogens is 3. The van der Waals surface area contributed by atoms with E-state index in [1.807, 2.05) is 0 Å². The molecular weight excluding hydrogens is 241 g/mol. The van der Waals surface area contributed by atoms with Crippen LogP contribution in [-0.2, 0) is 6.42 Å². The number of aldehydes is 1. The van der Waals surface area contributed by atoms with E-state index < -0.39 is 12.7 Å². The van der Waals surface area contributed by atoms with Gasteiger partial charge in [-0.15, -0.1) is 0 Å². The molecule has 0 unspecified atom stereocenters. The fraction of sp³-hybridized carbons (Fsp3) is 0.556. The minimum absolute atomic E-state index is 0.219. The summed E-state index contributed by atoms with van der Waals surface area (Å²) in [6.45, 7) is 0.734. The zero-order valence-electron chi connectivity index (χ0n) is 8.84. The predicted octanol–water partition coefficient (Wildman–Crippen LogP) is 2.52. The zero-order chi connectivity index (χ0) is 12.3. The number of alkyl halides is 3. The summed E-state index contributed by atoms with van der Waals surface area (Å²) >= 11 is 0.980. The molecule has 0 radical (unpaired) electrons. The lowest BCUT2D eigenvalue weighted by molar-refractivity contribution is -0.119. The molecule has 0 amide bonds. The SMILES string of the molecule is CCc1nc(N(C)CC(F)(F)F)sc1C=O. The summed E-state index contributed by atoms with van der Waals surface area (Å²) in [5.74, 6) is 0. The first-order valence-electron chi connectivity index (χ1n) is 4.60. The van der Waals surface area contributed by atoms with E-state index in [0.29, 0.717) is 23.3 Å². The van der Waals surface area contributed by atoms with Crippen LogP contribution < -0.4 is 4.90 Å². The number of hydrogen-bond acceptors (Lipinski definition) is 4. The van der Waals surface area contributed by atoms with Gasteiger partial charge in [0.2, 0.25) is 0 Å². The van der Waals surface area contributed by atoms with Crippen LogP contribution in [0.2, 0.25) is 0 Å². The van der Waals surface area contributed by atoms with Gasteiger partial charge in [0.15, 0.2) is 11.4 Å². The number of carbonyl (C=O) groups excluding carboxylic acids is 1. The molecule has 0 saturated heterocycles. The van der Waals surface area contributed by atoms with Crippen molar-refractivity contribution in [3.05, 3.63) is 10.6 Å². The lowest BCUT2D eigenvalue weighted by Crippen LogP contribution is -2.30. The van der Waals surface area contributed by atoms with Crippen LogP contribution in [-0.4, -0.2) is 31.0 Å². The standard InChI is InChI=1S/C9H11F3N2OS/c1-3-6-7(4-15)16-8(13-6)14(2)5-9(10,11)12/h4H,3,5H2,1-2H3. The Balaban J connectivity index is 2.88. The predicted molar refractivity (Wildman–Crippen MR) is 56.2 cm³/mol. The van der Waals surface area contributed by atoms with Crippen molar-refractivity contribution in [2.24, 2.45) is 0 Å². The molecule has 7 heteroatoms. The van der Waals surface area contributed by atoms with Gasteiger partial charge in [0.25, 0.3) is 0 Å². The first-order valence-corrected chi connectivity index (χ1v) is 5.41. The number of hydrogen-bond donors (Lipinski definition) is 0. The van der Waals surface area contributed by atoms with E-state index >= 15 is 0 Å². The Hall–Kier alpha value is -1.11. The van der Waals surface area contributed by atoms with Crippen molar-refractivity contribution >= 4 is 22.8 Å². The van der Waals surface area contributed by atoms with Gasteiger partial charge in [-0.1, -0.05) is 18.3 Å². The molecule has 16 heavy (non-hydrogen) atoms. The average Bonchev–Trinajstić information content (AvgIpc) is 2.57. The molecular formula is C9H11F3N2OS. The number of thiazole rings is 1. The fourth-order valence-electron chi connectivity index (χ4n) is 1.20. The van der Waals surface area contributed by atoms with Crippen LogP contribution in [0.15, 0.2) is 0 Å². The lowest BCUT2D eigenvalue weighted by atomic mass is 10.3. The second kappa shape index (κ2) is 4.82. The summed E-state index contributed by atoms with van der Waals surface area (Å²) in [5.41, 5.74) is 0.545. The maximum atomic E-state index is 12.1. The summed E-state index contributed by atoms with van der Waals surface area (Å²) in [7, 11) is 1.31. The van der Waals surface area contributed by atoms with Crippen molar-refractivity contribution in [3.63, 3.8) is 0 Å².